The van der Waals surface area contributed by atoms with Crippen LogP contribution in [0.3, 0.4) is 0 Å². The number of hydrogen-bond donors (Lipinski definition) is 2. The molecule has 2 aromatic rings. The van der Waals surface area contributed by atoms with Crippen LogP contribution in [-0.4, -0.2) is 53.5 Å². The van der Waals surface area contributed by atoms with E-state index in [1.807, 2.05) is 18.2 Å². The van der Waals surface area contributed by atoms with E-state index in [2.05, 4.69) is 23.5 Å². The molecule has 7 heteroatoms. The number of imide groups is 1. The second-order valence-electron chi connectivity index (χ2n) is 7.14. The topological polar surface area (TPSA) is 77.7 Å². The van der Waals surface area contributed by atoms with Gasteiger partial charge in [-0.05, 0) is 36.3 Å². The molecule has 1 unspecified atom stereocenters. The number of urea groups is 1. The quantitative estimate of drug-likeness (QED) is 0.572. The monoisotopic (exact) mass is 380 g/mol. The summed E-state index contributed by atoms with van der Waals surface area (Å²) in [6.45, 7) is 9.36. The third kappa shape index (κ3) is 2.93. The molecule has 2 aliphatic heterocycles. The Labute approximate surface area is 163 Å². The molecule has 146 valence electrons. The second-order valence-corrected chi connectivity index (χ2v) is 7.14. The van der Waals surface area contributed by atoms with Crippen molar-refractivity contribution in [3.05, 3.63) is 54.4 Å². The molecule has 1 fully saturated rings. The molecule has 4 rings (SSSR count). The second kappa shape index (κ2) is 7.07. The van der Waals surface area contributed by atoms with Crippen molar-refractivity contribution in [3.63, 3.8) is 0 Å². The van der Waals surface area contributed by atoms with Gasteiger partial charge in [-0.25, -0.2) is 4.79 Å². The number of rotatable bonds is 7. The van der Waals surface area contributed by atoms with E-state index in [1.165, 1.54) is 4.90 Å². The van der Waals surface area contributed by atoms with Crippen molar-refractivity contribution in [2.24, 2.45) is 0 Å². The number of H-pyrrole nitrogens is 1. The summed E-state index contributed by atoms with van der Waals surface area (Å²) in [5.74, 6) is 0.272. The molecule has 2 aliphatic rings. The van der Waals surface area contributed by atoms with E-state index in [0.717, 1.165) is 33.6 Å². The number of ether oxygens (including phenoxy) is 1. The average molecular weight is 380 g/mol. The number of hydrogen-bond acceptors (Lipinski definition) is 4. The molecule has 2 bridgehead atoms. The summed E-state index contributed by atoms with van der Waals surface area (Å²) in [5.41, 5.74) is 3.61. The molecule has 0 spiro atoms. The summed E-state index contributed by atoms with van der Waals surface area (Å²) in [4.78, 5) is 32.5. The van der Waals surface area contributed by atoms with Gasteiger partial charge in [0.2, 0.25) is 5.91 Å². The molecular weight excluding hydrogens is 356 g/mol. The van der Waals surface area contributed by atoms with Crippen LogP contribution in [0.4, 0.5) is 4.79 Å². The Kier molecular flexibility index (Phi) is 4.58. The van der Waals surface area contributed by atoms with E-state index in [-0.39, 0.29) is 17.9 Å². The van der Waals surface area contributed by atoms with Crippen LogP contribution in [0, 0.1) is 0 Å². The summed E-state index contributed by atoms with van der Waals surface area (Å²) >= 11 is 0. The van der Waals surface area contributed by atoms with Crippen LogP contribution in [0.15, 0.2) is 43.1 Å². The Balaban J connectivity index is 1.59. The summed E-state index contributed by atoms with van der Waals surface area (Å²) in [7, 11) is 1.63. The molecule has 0 aliphatic carbocycles. The standard InChI is InChI=1S/C21H24N4O3/c1-4-13(2)22-8-5-9-25-20(26)16-11-24(21(25)27)12-18-19(16)15-10-14(28-3)6-7-17(15)23-18/h4,6-7,10,16,22-23H,1-2,5,8-9,11-12H2,3H3. The Hall–Kier alpha value is -3.22. The number of amides is 3. The SMILES string of the molecule is C=CC(=C)NCCCN1C(=O)C2CN(Cc3[nH]c4ccc(OC)cc4c32)C1=O. The largest absolute Gasteiger partial charge is 0.497 e. The van der Waals surface area contributed by atoms with Crippen molar-refractivity contribution in [2.75, 3.05) is 26.7 Å². The van der Waals surface area contributed by atoms with Gasteiger partial charge < -0.3 is 19.9 Å². The van der Waals surface area contributed by atoms with E-state index in [0.29, 0.717) is 32.6 Å². The maximum Gasteiger partial charge on any atom is 0.327 e. The molecule has 1 aromatic carbocycles. The minimum absolute atomic E-state index is 0.131. The lowest BCUT2D eigenvalue weighted by atomic mass is 9.89. The summed E-state index contributed by atoms with van der Waals surface area (Å²) in [6.07, 6.45) is 2.29. The first-order valence-electron chi connectivity index (χ1n) is 9.37. The minimum Gasteiger partial charge on any atom is -0.497 e. The first-order chi connectivity index (χ1) is 13.5. The Morgan fingerprint density at radius 2 is 2.25 bits per heavy atom. The van der Waals surface area contributed by atoms with Gasteiger partial charge in [0.05, 0.1) is 19.6 Å². The van der Waals surface area contributed by atoms with Crippen molar-refractivity contribution >= 4 is 22.8 Å². The number of carbonyl (C=O) groups excluding carboxylic acids is 2. The van der Waals surface area contributed by atoms with E-state index in [1.54, 1.807) is 18.1 Å². The number of benzene rings is 1. The maximum atomic E-state index is 13.2. The lowest BCUT2D eigenvalue weighted by Gasteiger charge is -2.42. The van der Waals surface area contributed by atoms with Gasteiger partial charge in [-0.3, -0.25) is 9.69 Å². The lowest BCUT2D eigenvalue weighted by molar-refractivity contribution is -0.133. The van der Waals surface area contributed by atoms with E-state index < -0.39 is 0 Å². The summed E-state index contributed by atoms with van der Waals surface area (Å²) < 4.78 is 5.35. The van der Waals surface area contributed by atoms with Crippen molar-refractivity contribution in [1.29, 1.82) is 0 Å². The smallest absolute Gasteiger partial charge is 0.327 e. The third-order valence-electron chi connectivity index (χ3n) is 5.45. The number of nitrogens with zero attached hydrogens (tertiary/aromatic N) is 2. The van der Waals surface area contributed by atoms with Gasteiger partial charge in [-0.15, -0.1) is 0 Å². The first kappa shape index (κ1) is 18.2. The number of aromatic nitrogens is 1. The number of methoxy groups -OCH3 is 1. The van der Waals surface area contributed by atoms with E-state index in [9.17, 15) is 9.59 Å². The molecule has 3 heterocycles. The molecule has 1 atom stereocenters. The Bertz CT molecular complexity index is 977. The highest BCUT2D eigenvalue weighted by Gasteiger charge is 2.44. The number of nitrogens with one attached hydrogen (secondary N) is 2. The van der Waals surface area contributed by atoms with Gasteiger partial charge in [-0.1, -0.05) is 13.2 Å². The molecule has 3 amide bonds. The molecule has 2 N–H and O–H groups in total. The molecule has 1 saturated heterocycles. The first-order valence-corrected chi connectivity index (χ1v) is 9.37. The molecular formula is C21H24N4O3. The van der Waals surface area contributed by atoms with Crippen LogP contribution >= 0.6 is 0 Å². The zero-order valence-electron chi connectivity index (χ0n) is 16.0. The van der Waals surface area contributed by atoms with Crippen LogP contribution in [0.1, 0.15) is 23.6 Å². The summed E-state index contributed by atoms with van der Waals surface area (Å²) in [6, 6.07) is 5.58. The van der Waals surface area contributed by atoms with Crippen LogP contribution in [-0.2, 0) is 11.3 Å². The fourth-order valence-corrected chi connectivity index (χ4v) is 4.03. The van der Waals surface area contributed by atoms with Crippen LogP contribution in [0.2, 0.25) is 0 Å². The van der Waals surface area contributed by atoms with Crippen molar-refractivity contribution in [1.82, 2.24) is 20.1 Å². The maximum absolute atomic E-state index is 13.2. The highest BCUT2D eigenvalue weighted by Crippen LogP contribution is 2.39. The predicted octanol–water partition coefficient (Wildman–Crippen LogP) is 2.72. The van der Waals surface area contributed by atoms with Crippen LogP contribution in [0.5, 0.6) is 5.75 Å². The third-order valence-corrected chi connectivity index (χ3v) is 5.45. The molecule has 0 saturated carbocycles. The lowest BCUT2D eigenvalue weighted by Crippen LogP contribution is -2.57. The minimum atomic E-state index is -0.349. The Morgan fingerprint density at radius 3 is 3.00 bits per heavy atom. The van der Waals surface area contributed by atoms with Gasteiger partial charge in [0.15, 0.2) is 0 Å². The number of aromatic amines is 1. The Morgan fingerprint density at radius 1 is 1.43 bits per heavy atom. The average Bonchev–Trinajstić information content (AvgIpc) is 3.08. The van der Waals surface area contributed by atoms with Crippen molar-refractivity contribution < 1.29 is 14.3 Å². The highest BCUT2D eigenvalue weighted by atomic mass is 16.5. The fraction of sp³-hybridized carbons (Fsp3) is 0.333. The predicted molar refractivity (Wildman–Crippen MR) is 107 cm³/mol. The number of allylic oxidation sites excluding steroid dienone is 1. The number of carbonyl (C=O) groups is 2. The van der Waals surface area contributed by atoms with Gasteiger partial charge in [0, 0.05) is 41.9 Å². The van der Waals surface area contributed by atoms with E-state index in [4.69, 9.17) is 4.74 Å². The van der Waals surface area contributed by atoms with Gasteiger partial charge in [-0.2, -0.15) is 0 Å². The van der Waals surface area contributed by atoms with Gasteiger partial charge in [0.1, 0.15) is 5.75 Å². The molecule has 7 nitrogen and oxygen atoms in total. The molecule has 1 aromatic heterocycles. The highest BCUT2D eigenvalue weighted by molar-refractivity contribution is 6.04. The normalized spacial score (nSPS) is 18.2. The van der Waals surface area contributed by atoms with E-state index >= 15 is 0 Å². The molecule has 28 heavy (non-hydrogen) atoms. The summed E-state index contributed by atoms with van der Waals surface area (Å²) in [5, 5.41) is 4.10. The van der Waals surface area contributed by atoms with Crippen molar-refractivity contribution in [3.8, 4) is 5.75 Å². The van der Waals surface area contributed by atoms with Crippen LogP contribution in [0.25, 0.3) is 10.9 Å². The molecule has 0 radical (unpaired) electrons. The van der Waals surface area contributed by atoms with Crippen LogP contribution < -0.4 is 10.1 Å². The fourth-order valence-electron chi connectivity index (χ4n) is 4.03. The van der Waals surface area contributed by atoms with Gasteiger partial charge >= 0.3 is 6.03 Å². The zero-order chi connectivity index (χ0) is 19.8. The van der Waals surface area contributed by atoms with Crippen molar-refractivity contribution in [2.45, 2.75) is 18.9 Å². The van der Waals surface area contributed by atoms with Gasteiger partial charge in [0.25, 0.3) is 0 Å². The zero-order valence-corrected chi connectivity index (χ0v) is 16.0. The number of fused-ring (bicyclic) bond motifs is 6.